The predicted molar refractivity (Wildman–Crippen MR) is 154 cm³/mol. The molecular formula is C30H33ClFN3O4S. The van der Waals surface area contributed by atoms with Crippen molar-refractivity contribution in [3.05, 3.63) is 94.8 Å². The number of sulfonamides is 1. The summed E-state index contributed by atoms with van der Waals surface area (Å²) in [6.45, 7) is 2.53. The van der Waals surface area contributed by atoms with Crippen LogP contribution in [0.1, 0.15) is 43.7 Å². The molecule has 1 N–H and O–H groups in total. The van der Waals surface area contributed by atoms with Crippen LogP contribution in [-0.4, -0.2) is 43.8 Å². The van der Waals surface area contributed by atoms with Crippen LogP contribution in [0.5, 0.6) is 0 Å². The molecular weight excluding hydrogens is 553 g/mol. The van der Waals surface area contributed by atoms with Gasteiger partial charge in [-0.3, -0.25) is 13.9 Å². The number of hydrogen-bond donors (Lipinski definition) is 1. The summed E-state index contributed by atoms with van der Waals surface area (Å²) in [6.07, 6.45) is 3.76. The maximum absolute atomic E-state index is 14.7. The quantitative estimate of drug-likeness (QED) is 0.342. The van der Waals surface area contributed by atoms with E-state index in [1.54, 1.807) is 56.3 Å². The van der Waals surface area contributed by atoms with Gasteiger partial charge < -0.3 is 10.2 Å². The Morgan fingerprint density at radius 2 is 1.62 bits per heavy atom. The maximum Gasteiger partial charge on any atom is 0.264 e. The highest BCUT2D eigenvalue weighted by molar-refractivity contribution is 7.92. The summed E-state index contributed by atoms with van der Waals surface area (Å²) < 4.78 is 43.5. The molecule has 0 aromatic heterocycles. The molecule has 0 heterocycles. The Labute approximate surface area is 240 Å². The number of carbonyl (C=O) groups is 2. The molecule has 4 rings (SSSR count). The summed E-state index contributed by atoms with van der Waals surface area (Å²) in [7, 11) is -4.22. The summed E-state index contributed by atoms with van der Waals surface area (Å²) in [6, 6.07) is 17.6. The van der Waals surface area contributed by atoms with E-state index in [9.17, 15) is 22.4 Å². The molecule has 0 spiro atoms. The number of rotatable bonds is 10. The van der Waals surface area contributed by atoms with E-state index in [0.29, 0.717) is 16.3 Å². The molecule has 1 aliphatic carbocycles. The monoisotopic (exact) mass is 585 g/mol. The van der Waals surface area contributed by atoms with Crippen LogP contribution in [0.3, 0.4) is 0 Å². The lowest BCUT2D eigenvalue weighted by atomic mass is 10.1. The number of para-hydroxylation sites is 1. The van der Waals surface area contributed by atoms with E-state index in [-0.39, 0.29) is 29.0 Å². The minimum atomic E-state index is -4.22. The Morgan fingerprint density at radius 1 is 1.00 bits per heavy atom. The van der Waals surface area contributed by atoms with Gasteiger partial charge in [0.2, 0.25) is 11.8 Å². The molecule has 2 amide bonds. The summed E-state index contributed by atoms with van der Waals surface area (Å²) in [5.41, 5.74) is 1.18. The third kappa shape index (κ3) is 6.82. The number of carbonyl (C=O) groups excluding carboxylic acids is 2. The first-order valence-corrected chi connectivity index (χ1v) is 15.1. The lowest BCUT2D eigenvalue weighted by Gasteiger charge is -2.33. The highest BCUT2D eigenvalue weighted by Gasteiger charge is 2.34. The number of amides is 2. The molecule has 0 saturated heterocycles. The van der Waals surface area contributed by atoms with Crippen LogP contribution in [0.15, 0.2) is 77.7 Å². The minimum absolute atomic E-state index is 0.0223. The van der Waals surface area contributed by atoms with Crippen molar-refractivity contribution in [2.75, 3.05) is 10.8 Å². The second kappa shape index (κ2) is 12.8. The number of hydrogen-bond acceptors (Lipinski definition) is 4. The number of aryl methyl sites for hydroxylation is 1. The Morgan fingerprint density at radius 3 is 2.27 bits per heavy atom. The summed E-state index contributed by atoms with van der Waals surface area (Å²) in [4.78, 5) is 28.4. The fourth-order valence-corrected chi connectivity index (χ4v) is 6.48. The van der Waals surface area contributed by atoms with E-state index in [4.69, 9.17) is 11.6 Å². The Kier molecular flexibility index (Phi) is 9.48. The lowest BCUT2D eigenvalue weighted by molar-refractivity contribution is -0.139. The van der Waals surface area contributed by atoms with Gasteiger partial charge in [0, 0.05) is 23.2 Å². The number of anilines is 1. The third-order valence-corrected chi connectivity index (χ3v) is 9.26. The zero-order chi connectivity index (χ0) is 28.9. The Bertz CT molecular complexity index is 1460. The zero-order valence-corrected chi connectivity index (χ0v) is 24.1. The number of nitrogens with one attached hydrogen (secondary N) is 1. The predicted octanol–water partition coefficient (Wildman–Crippen LogP) is 5.46. The fourth-order valence-electron chi connectivity index (χ4n) is 4.88. The molecule has 0 radical (unpaired) electrons. The van der Waals surface area contributed by atoms with Crippen molar-refractivity contribution >= 4 is 39.1 Å². The highest BCUT2D eigenvalue weighted by Crippen LogP contribution is 2.28. The van der Waals surface area contributed by atoms with Gasteiger partial charge in [0.05, 0.1) is 10.6 Å². The second-order valence-electron chi connectivity index (χ2n) is 10.0. The van der Waals surface area contributed by atoms with Crippen LogP contribution >= 0.6 is 11.6 Å². The molecule has 1 atom stereocenters. The van der Waals surface area contributed by atoms with Gasteiger partial charge >= 0.3 is 0 Å². The fraction of sp³-hybridized carbons (Fsp3) is 0.333. The summed E-state index contributed by atoms with van der Waals surface area (Å²) in [5, 5.41) is 3.37. The molecule has 7 nitrogen and oxygen atoms in total. The molecule has 3 aromatic carbocycles. The van der Waals surface area contributed by atoms with Gasteiger partial charge in [-0.15, -0.1) is 0 Å². The molecule has 3 aromatic rings. The third-order valence-electron chi connectivity index (χ3n) is 7.23. The van der Waals surface area contributed by atoms with E-state index in [1.807, 2.05) is 0 Å². The van der Waals surface area contributed by atoms with Crippen LogP contribution in [-0.2, 0) is 26.2 Å². The van der Waals surface area contributed by atoms with Crippen LogP contribution in [0.4, 0.5) is 10.1 Å². The minimum Gasteiger partial charge on any atom is -0.352 e. The molecule has 1 saturated carbocycles. The van der Waals surface area contributed by atoms with Gasteiger partial charge in [-0.05, 0) is 68.7 Å². The molecule has 0 aliphatic heterocycles. The van der Waals surface area contributed by atoms with Gasteiger partial charge in [0.25, 0.3) is 10.0 Å². The Balaban J connectivity index is 1.70. The van der Waals surface area contributed by atoms with Gasteiger partial charge in [0.1, 0.15) is 18.4 Å². The summed E-state index contributed by atoms with van der Waals surface area (Å²) >= 11 is 5.99. The van der Waals surface area contributed by atoms with Crippen LogP contribution in [0, 0.1) is 12.7 Å². The highest BCUT2D eigenvalue weighted by atomic mass is 35.5. The standard InChI is InChI=1S/C30H33ClFN3O4S/c1-21-9-3-8-14-28(21)35(40(38,39)26-17-15-24(31)16-18-26)20-29(36)34(19-23-10-4-7-13-27(23)32)22(2)30(37)33-25-11-5-6-12-25/h3-4,7-10,13-18,22,25H,5-6,11-12,19-20H2,1-2H3,(H,33,37)/t22-/m0/s1. The largest absolute Gasteiger partial charge is 0.352 e. The van der Waals surface area contributed by atoms with E-state index in [1.165, 1.54) is 35.2 Å². The van der Waals surface area contributed by atoms with Gasteiger partial charge in [0.15, 0.2) is 0 Å². The molecule has 0 bridgehead atoms. The topological polar surface area (TPSA) is 86.8 Å². The van der Waals surface area contributed by atoms with Crippen molar-refractivity contribution in [3.63, 3.8) is 0 Å². The van der Waals surface area contributed by atoms with Gasteiger partial charge in [-0.2, -0.15) is 0 Å². The van der Waals surface area contributed by atoms with Gasteiger partial charge in [-0.25, -0.2) is 12.8 Å². The first-order chi connectivity index (χ1) is 19.1. The van der Waals surface area contributed by atoms with E-state index in [2.05, 4.69) is 5.32 Å². The van der Waals surface area contributed by atoms with E-state index < -0.39 is 34.3 Å². The smallest absolute Gasteiger partial charge is 0.264 e. The van der Waals surface area contributed by atoms with Crippen molar-refractivity contribution in [1.82, 2.24) is 10.2 Å². The van der Waals surface area contributed by atoms with Crippen molar-refractivity contribution in [1.29, 1.82) is 0 Å². The SMILES string of the molecule is Cc1ccccc1N(CC(=O)N(Cc1ccccc1F)[C@@H](C)C(=O)NC1CCCC1)S(=O)(=O)c1ccc(Cl)cc1. The van der Waals surface area contributed by atoms with E-state index in [0.717, 1.165) is 30.0 Å². The normalized spacial score (nSPS) is 14.5. The Hall–Kier alpha value is -3.43. The van der Waals surface area contributed by atoms with Crippen molar-refractivity contribution in [2.45, 2.75) is 63.1 Å². The summed E-state index contributed by atoms with van der Waals surface area (Å²) in [5.74, 6) is -1.52. The van der Waals surface area contributed by atoms with Crippen LogP contribution < -0.4 is 9.62 Å². The van der Waals surface area contributed by atoms with E-state index >= 15 is 0 Å². The van der Waals surface area contributed by atoms with Crippen molar-refractivity contribution in [3.8, 4) is 0 Å². The molecule has 10 heteroatoms. The average Bonchev–Trinajstić information content (AvgIpc) is 3.44. The molecule has 1 aliphatic rings. The second-order valence-corrected chi connectivity index (χ2v) is 12.3. The number of benzene rings is 3. The van der Waals surface area contributed by atoms with Crippen molar-refractivity contribution in [2.24, 2.45) is 0 Å². The molecule has 40 heavy (non-hydrogen) atoms. The van der Waals surface area contributed by atoms with Gasteiger partial charge in [-0.1, -0.05) is 60.8 Å². The first kappa shape index (κ1) is 29.6. The van der Waals surface area contributed by atoms with Crippen LogP contribution in [0.2, 0.25) is 5.02 Å². The lowest BCUT2D eigenvalue weighted by Crippen LogP contribution is -2.52. The molecule has 0 unspecified atom stereocenters. The molecule has 212 valence electrons. The number of halogens is 2. The number of nitrogens with zero attached hydrogens (tertiary/aromatic N) is 2. The van der Waals surface area contributed by atoms with Crippen molar-refractivity contribution < 1.29 is 22.4 Å². The van der Waals surface area contributed by atoms with Crippen LogP contribution in [0.25, 0.3) is 0 Å². The first-order valence-electron chi connectivity index (χ1n) is 13.2. The zero-order valence-electron chi connectivity index (χ0n) is 22.5. The maximum atomic E-state index is 14.7. The average molecular weight is 586 g/mol. The molecule has 1 fully saturated rings.